The van der Waals surface area contributed by atoms with Crippen LogP contribution in [0.5, 0.6) is 0 Å². The van der Waals surface area contributed by atoms with Crippen molar-refractivity contribution in [2.24, 2.45) is 4.99 Å². The maximum atomic E-state index is 5.28. The van der Waals surface area contributed by atoms with E-state index in [1.807, 2.05) is 6.92 Å². The molecule has 1 unspecified atom stereocenters. The summed E-state index contributed by atoms with van der Waals surface area (Å²) in [7, 11) is 3.81. The fourth-order valence-corrected chi connectivity index (χ4v) is 1.88. The first-order chi connectivity index (χ1) is 7.72. The summed E-state index contributed by atoms with van der Waals surface area (Å²) in [5.41, 5.74) is 2.39. The fourth-order valence-electron chi connectivity index (χ4n) is 1.88. The van der Waals surface area contributed by atoms with Gasteiger partial charge in [-0.3, -0.25) is 4.99 Å². The Bertz CT molecular complexity index is 383. The van der Waals surface area contributed by atoms with Crippen LogP contribution >= 0.6 is 0 Å². The highest BCUT2D eigenvalue weighted by Gasteiger charge is 2.14. The molecule has 16 heavy (non-hydrogen) atoms. The highest BCUT2D eigenvalue weighted by atomic mass is 16.5. The maximum absolute atomic E-state index is 5.28. The van der Waals surface area contributed by atoms with Gasteiger partial charge in [0, 0.05) is 26.3 Å². The van der Waals surface area contributed by atoms with Crippen molar-refractivity contribution in [3.05, 3.63) is 35.4 Å². The molecule has 86 valence electrons. The normalized spacial score (nSPS) is 17.4. The molecule has 3 nitrogen and oxygen atoms in total. The number of likely N-dealkylation sites (N-methyl/N-ethyl adjacent to an activating group) is 1. The van der Waals surface area contributed by atoms with E-state index in [0.717, 1.165) is 18.9 Å². The van der Waals surface area contributed by atoms with E-state index in [4.69, 9.17) is 4.74 Å². The third-order valence-corrected chi connectivity index (χ3v) is 3.05. The molecular weight excluding hydrogens is 200 g/mol. The molecule has 1 aromatic carbocycles. The van der Waals surface area contributed by atoms with Crippen molar-refractivity contribution < 1.29 is 4.74 Å². The van der Waals surface area contributed by atoms with Crippen LogP contribution < -0.4 is 0 Å². The van der Waals surface area contributed by atoms with Gasteiger partial charge in [-0.1, -0.05) is 24.3 Å². The van der Waals surface area contributed by atoms with Crippen molar-refractivity contribution in [3.8, 4) is 0 Å². The Hall–Kier alpha value is -1.35. The monoisotopic (exact) mass is 218 g/mol. The summed E-state index contributed by atoms with van der Waals surface area (Å²) >= 11 is 0. The molecule has 0 spiro atoms. The number of aliphatic imine (C=N–C) groups is 1. The Balaban J connectivity index is 2.19. The van der Waals surface area contributed by atoms with E-state index in [0.29, 0.717) is 0 Å². The van der Waals surface area contributed by atoms with E-state index in [9.17, 15) is 0 Å². The van der Waals surface area contributed by atoms with Crippen LogP contribution in [0.25, 0.3) is 0 Å². The van der Waals surface area contributed by atoms with Crippen LogP contribution in [0.4, 0.5) is 0 Å². The molecular formula is C13H18N2O. The van der Waals surface area contributed by atoms with E-state index in [2.05, 4.69) is 41.2 Å². The van der Waals surface area contributed by atoms with Gasteiger partial charge < -0.3 is 9.64 Å². The molecule has 0 N–H and O–H groups in total. The van der Waals surface area contributed by atoms with Crippen LogP contribution in [-0.4, -0.2) is 38.0 Å². The molecule has 0 saturated carbocycles. The van der Waals surface area contributed by atoms with Crippen molar-refractivity contribution in [2.45, 2.75) is 13.0 Å². The lowest BCUT2D eigenvalue weighted by atomic mass is 10.1. The largest absolute Gasteiger partial charge is 0.377 e. The summed E-state index contributed by atoms with van der Waals surface area (Å²) in [6.45, 7) is 3.97. The lowest BCUT2D eigenvalue weighted by Gasteiger charge is -2.15. The van der Waals surface area contributed by atoms with Crippen molar-refractivity contribution >= 4 is 5.84 Å². The molecule has 0 bridgehead atoms. The molecule has 0 amide bonds. The minimum Gasteiger partial charge on any atom is -0.377 e. The minimum atomic E-state index is 0.150. The zero-order valence-corrected chi connectivity index (χ0v) is 10.1. The zero-order valence-electron chi connectivity index (χ0n) is 10.1. The summed E-state index contributed by atoms with van der Waals surface area (Å²) in [6.07, 6.45) is 0.150. The molecule has 1 aliphatic rings. The van der Waals surface area contributed by atoms with Crippen molar-refractivity contribution in [1.29, 1.82) is 0 Å². The number of amidine groups is 1. The molecule has 0 fully saturated rings. The number of hydrogen-bond donors (Lipinski definition) is 0. The Kier molecular flexibility index (Phi) is 3.25. The average molecular weight is 218 g/mol. The van der Waals surface area contributed by atoms with Gasteiger partial charge in [-0.05, 0) is 12.5 Å². The quantitative estimate of drug-likeness (QED) is 0.776. The lowest BCUT2D eigenvalue weighted by molar-refractivity contribution is 0.119. The van der Waals surface area contributed by atoms with Gasteiger partial charge in [-0.15, -0.1) is 0 Å². The SMILES string of the molecule is COC(C)c1ccc(C2=NCCN2C)cc1. The summed E-state index contributed by atoms with van der Waals surface area (Å²) in [4.78, 5) is 6.68. The van der Waals surface area contributed by atoms with Gasteiger partial charge in [0.15, 0.2) is 0 Å². The first-order valence-electron chi connectivity index (χ1n) is 5.61. The number of methoxy groups -OCH3 is 1. The Morgan fingerprint density at radius 1 is 1.31 bits per heavy atom. The van der Waals surface area contributed by atoms with Crippen LogP contribution in [0.3, 0.4) is 0 Å². The second-order valence-corrected chi connectivity index (χ2v) is 4.13. The van der Waals surface area contributed by atoms with E-state index in [1.165, 1.54) is 11.1 Å². The summed E-state index contributed by atoms with van der Waals surface area (Å²) in [5.74, 6) is 1.09. The molecule has 0 aliphatic carbocycles. The summed E-state index contributed by atoms with van der Waals surface area (Å²) in [6, 6.07) is 8.45. The zero-order chi connectivity index (χ0) is 11.5. The Morgan fingerprint density at radius 2 is 2.00 bits per heavy atom. The van der Waals surface area contributed by atoms with E-state index in [-0.39, 0.29) is 6.10 Å². The van der Waals surface area contributed by atoms with Crippen LogP contribution in [0.1, 0.15) is 24.2 Å². The predicted molar refractivity (Wildman–Crippen MR) is 65.9 cm³/mol. The van der Waals surface area contributed by atoms with Gasteiger partial charge in [0.1, 0.15) is 5.84 Å². The Labute approximate surface area is 96.7 Å². The van der Waals surface area contributed by atoms with E-state index in [1.54, 1.807) is 7.11 Å². The molecule has 1 aromatic rings. The van der Waals surface area contributed by atoms with Crippen molar-refractivity contribution in [3.63, 3.8) is 0 Å². The lowest BCUT2D eigenvalue weighted by Crippen LogP contribution is -2.23. The number of hydrogen-bond acceptors (Lipinski definition) is 3. The van der Waals surface area contributed by atoms with Crippen LogP contribution in [0.2, 0.25) is 0 Å². The van der Waals surface area contributed by atoms with Crippen LogP contribution in [-0.2, 0) is 4.74 Å². The fraction of sp³-hybridized carbons (Fsp3) is 0.462. The molecule has 0 radical (unpaired) electrons. The van der Waals surface area contributed by atoms with Crippen LogP contribution in [0, 0.1) is 0 Å². The van der Waals surface area contributed by atoms with Crippen LogP contribution in [0.15, 0.2) is 29.3 Å². The minimum absolute atomic E-state index is 0.150. The summed E-state index contributed by atoms with van der Waals surface area (Å²) < 4.78 is 5.28. The third kappa shape index (κ3) is 2.09. The number of rotatable bonds is 3. The molecule has 0 aromatic heterocycles. The second-order valence-electron chi connectivity index (χ2n) is 4.13. The second kappa shape index (κ2) is 4.66. The maximum Gasteiger partial charge on any atom is 0.130 e. The average Bonchev–Trinajstić information content (AvgIpc) is 2.75. The van der Waals surface area contributed by atoms with Crippen molar-refractivity contribution in [2.75, 3.05) is 27.2 Å². The third-order valence-electron chi connectivity index (χ3n) is 3.05. The summed E-state index contributed by atoms with van der Waals surface area (Å²) in [5, 5.41) is 0. The molecule has 3 heteroatoms. The molecule has 1 atom stereocenters. The molecule has 2 rings (SSSR count). The van der Waals surface area contributed by atoms with Gasteiger partial charge in [0.25, 0.3) is 0 Å². The highest BCUT2D eigenvalue weighted by Crippen LogP contribution is 2.17. The number of benzene rings is 1. The topological polar surface area (TPSA) is 24.8 Å². The van der Waals surface area contributed by atoms with Crippen molar-refractivity contribution in [1.82, 2.24) is 4.90 Å². The van der Waals surface area contributed by atoms with Gasteiger partial charge in [0.2, 0.25) is 0 Å². The van der Waals surface area contributed by atoms with E-state index >= 15 is 0 Å². The number of nitrogens with zero attached hydrogens (tertiary/aromatic N) is 2. The first-order valence-corrected chi connectivity index (χ1v) is 5.61. The smallest absolute Gasteiger partial charge is 0.130 e. The first kappa shape index (κ1) is 11.1. The van der Waals surface area contributed by atoms with E-state index < -0.39 is 0 Å². The van der Waals surface area contributed by atoms with Gasteiger partial charge in [-0.25, -0.2) is 0 Å². The molecule has 1 aliphatic heterocycles. The number of ether oxygens (including phenoxy) is 1. The van der Waals surface area contributed by atoms with Gasteiger partial charge in [0.05, 0.1) is 12.6 Å². The molecule has 0 saturated heterocycles. The molecule has 1 heterocycles. The Morgan fingerprint density at radius 3 is 2.50 bits per heavy atom. The predicted octanol–water partition coefficient (Wildman–Crippen LogP) is 2.09. The standard InChI is InChI=1S/C13H18N2O/c1-10(16-3)11-4-6-12(7-5-11)13-14-8-9-15(13)2/h4-7,10H,8-9H2,1-3H3. The van der Waals surface area contributed by atoms with Gasteiger partial charge >= 0.3 is 0 Å². The van der Waals surface area contributed by atoms with Gasteiger partial charge in [-0.2, -0.15) is 0 Å². The highest BCUT2D eigenvalue weighted by molar-refractivity contribution is 5.99.